The van der Waals surface area contributed by atoms with Crippen LogP contribution in [-0.2, 0) is 6.54 Å². The highest BCUT2D eigenvalue weighted by Crippen LogP contribution is 2.24. The molecule has 62 valence electrons. The minimum Gasteiger partial charge on any atom is -0.489 e. The minimum absolute atomic E-state index is 0.584. The van der Waals surface area contributed by atoms with Crippen LogP contribution in [0.4, 0.5) is 0 Å². The van der Waals surface area contributed by atoms with Gasteiger partial charge >= 0.3 is 0 Å². The maximum Gasteiger partial charge on any atom is 0.127 e. The largest absolute Gasteiger partial charge is 0.489 e. The lowest BCUT2D eigenvalue weighted by molar-refractivity contribution is 0.358. The summed E-state index contributed by atoms with van der Waals surface area (Å²) in [7, 11) is 0. The number of fused-ring (bicyclic) bond motifs is 1. The molecule has 0 fully saturated rings. The molecule has 2 N–H and O–H groups in total. The Bertz CT molecular complexity index is 318. The van der Waals surface area contributed by atoms with E-state index in [0.717, 1.165) is 16.9 Å². The van der Waals surface area contributed by atoms with Gasteiger partial charge in [0.25, 0.3) is 0 Å². The van der Waals surface area contributed by atoms with Gasteiger partial charge in [-0.3, -0.25) is 0 Å². The Morgan fingerprint density at radius 3 is 3.17 bits per heavy atom. The highest BCUT2D eigenvalue weighted by atomic mass is 16.5. The van der Waals surface area contributed by atoms with Crippen molar-refractivity contribution in [2.75, 3.05) is 6.61 Å². The van der Waals surface area contributed by atoms with Crippen molar-refractivity contribution in [2.45, 2.75) is 6.54 Å². The summed E-state index contributed by atoms with van der Waals surface area (Å²) in [6.07, 6.45) is 4.07. The lowest BCUT2D eigenvalue weighted by Gasteiger charge is -2.12. The molecule has 0 saturated heterocycles. The molecular formula is C10H11NO. The first-order valence-corrected chi connectivity index (χ1v) is 4.02. The van der Waals surface area contributed by atoms with Crippen molar-refractivity contribution in [1.82, 2.24) is 0 Å². The van der Waals surface area contributed by atoms with Crippen molar-refractivity contribution in [3.8, 4) is 5.75 Å². The fourth-order valence-electron chi connectivity index (χ4n) is 1.30. The molecule has 1 aliphatic rings. The number of rotatable bonds is 1. The first-order valence-electron chi connectivity index (χ1n) is 4.02. The molecule has 0 atom stereocenters. The van der Waals surface area contributed by atoms with E-state index in [4.69, 9.17) is 10.5 Å². The molecule has 1 aromatic carbocycles. The lowest BCUT2D eigenvalue weighted by atomic mass is 10.1. The topological polar surface area (TPSA) is 35.2 Å². The maximum absolute atomic E-state index is 5.52. The van der Waals surface area contributed by atoms with E-state index < -0.39 is 0 Å². The van der Waals surface area contributed by atoms with Crippen LogP contribution < -0.4 is 10.5 Å². The molecular weight excluding hydrogens is 150 g/mol. The molecule has 0 spiro atoms. The third kappa shape index (κ3) is 1.21. The molecule has 12 heavy (non-hydrogen) atoms. The molecule has 2 nitrogen and oxygen atoms in total. The summed E-state index contributed by atoms with van der Waals surface area (Å²) in [6.45, 7) is 1.26. The third-order valence-electron chi connectivity index (χ3n) is 1.94. The molecule has 1 heterocycles. The van der Waals surface area contributed by atoms with Gasteiger partial charge < -0.3 is 10.5 Å². The van der Waals surface area contributed by atoms with E-state index in [1.165, 1.54) is 0 Å². The maximum atomic E-state index is 5.52. The monoisotopic (exact) mass is 161 g/mol. The van der Waals surface area contributed by atoms with Gasteiger partial charge in [-0.1, -0.05) is 12.1 Å². The van der Waals surface area contributed by atoms with Gasteiger partial charge in [0.1, 0.15) is 12.4 Å². The van der Waals surface area contributed by atoms with E-state index in [1.807, 2.05) is 18.2 Å². The fourth-order valence-corrected chi connectivity index (χ4v) is 1.30. The molecule has 0 unspecified atom stereocenters. The standard InChI is InChI=1S/C10H11NO/c11-7-8-3-4-10-9(6-8)2-1-5-12-10/h1-4,6H,5,7,11H2. The number of hydrogen-bond donors (Lipinski definition) is 1. The van der Waals surface area contributed by atoms with Gasteiger partial charge in [0.15, 0.2) is 0 Å². The highest BCUT2D eigenvalue weighted by Gasteiger charge is 2.04. The molecule has 0 radical (unpaired) electrons. The van der Waals surface area contributed by atoms with E-state index in [-0.39, 0.29) is 0 Å². The summed E-state index contributed by atoms with van der Waals surface area (Å²) >= 11 is 0. The van der Waals surface area contributed by atoms with Crippen LogP contribution in [0.25, 0.3) is 6.08 Å². The van der Waals surface area contributed by atoms with Crippen molar-refractivity contribution in [3.63, 3.8) is 0 Å². The summed E-state index contributed by atoms with van der Waals surface area (Å²) in [5, 5.41) is 0. The van der Waals surface area contributed by atoms with Crippen molar-refractivity contribution in [1.29, 1.82) is 0 Å². The summed E-state index contributed by atoms with van der Waals surface area (Å²) < 4.78 is 5.40. The smallest absolute Gasteiger partial charge is 0.127 e. The summed E-state index contributed by atoms with van der Waals surface area (Å²) in [5.41, 5.74) is 7.79. The van der Waals surface area contributed by atoms with Gasteiger partial charge in [-0.15, -0.1) is 0 Å². The van der Waals surface area contributed by atoms with Gasteiger partial charge in [0.05, 0.1) is 0 Å². The predicted octanol–water partition coefficient (Wildman–Crippen LogP) is 1.55. The third-order valence-corrected chi connectivity index (χ3v) is 1.94. The molecule has 0 bridgehead atoms. The van der Waals surface area contributed by atoms with Crippen molar-refractivity contribution in [3.05, 3.63) is 35.4 Å². The zero-order valence-corrected chi connectivity index (χ0v) is 6.79. The number of benzene rings is 1. The predicted molar refractivity (Wildman–Crippen MR) is 48.9 cm³/mol. The second-order valence-electron chi connectivity index (χ2n) is 2.79. The second kappa shape index (κ2) is 2.99. The Hall–Kier alpha value is -1.28. The SMILES string of the molecule is NCc1ccc2c(c1)C=CCO2. The molecule has 2 rings (SSSR count). The van der Waals surface area contributed by atoms with Crippen LogP contribution in [0.5, 0.6) is 5.75 Å². The van der Waals surface area contributed by atoms with Gasteiger partial charge in [-0.2, -0.15) is 0 Å². The molecule has 1 aliphatic heterocycles. The number of nitrogens with two attached hydrogens (primary N) is 1. The van der Waals surface area contributed by atoms with Gasteiger partial charge in [-0.25, -0.2) is 0 Å². The summed E-state index contributed by atoms with van der Waals surface area (Å²) in [5.74, 6) is 0.953. The van der Waals surface area contributed by atoms with Crippen LogP contribution in [0.2, 0.25) is 0 Å². The van der Waals surface area contributed by atoms with Crippen molar-refractivity contribution < 1.29 is 4.74 Å². The average molecular weight is 161 g/mol. The first kappa shape index (κ1) is 7.37. The van der Waals surface area contributed by atoms with Crippen LogP contribution in [0.3, 0.4) is 0 Å². The molecule has 0 amide bonds. The molecule has 2 heteroatoms. The van der Waals surface area contributed by atoms with Crippen LogP contribution in [0, 0.1) is 0 Å². The van der Waals surface area contributed by atoms with E-state index in [0.29, 0.717) is 13.2 Å². The zero-order chi connectivity index (χ0) is 8.39. The molecule has 0 saturated carbocycles. The van der Waals surface area contributed by atoms with E-state index in [9.17, 15) is 0 Å². The normalized spacial score (nSPS) is 13.8. The fraction of sp³-hybridized carbons (Fsp3) is 0.200. The van der Waals surface area contributed by atoms with Crippen molar-refractivity contribution in [2.24, 2.45) is 5.73 Å². The Morgan fingerprint density at radius 2 is 2.33 bits per heavy atom. The Balaban J connectivity index is 2.44. The Morgan fingerprint density at radius 1 is 1.42 bits per heavy atom. The van der Waals surface area contributed by atoms with E-state index >= 15 is 0 Å². The lowest BCUT2D eigenvalue weighted by Crippen LogP contribution is -2.02. The van der Waals surface area contributed by atoms with Gasteiger partial charge in [0.2, 0.25) is 0 Å². The summed E-state index contributed by atoms with van der Waals surface area (Å²) in [4.78, 5) is 0. The van der Waals surface area contributed by atoms with Crippen LogP contribution >= 0.6 is 0 Å². The highest BCUT2D eigenvalue weighted by molar-refractivity contribution is 5.60. The molecule has 1 aromatic rings. The van der Waals surface area contributed by atoms with E-state index in [2.05, 4.69) is 12.1 Å². The van der Waals surface area contributed by atoms with E-state index in [1.54, 1.807) is 0 Å². The minimum atomic E-state index is 0.584. The molecule has 0 aromatic heterocycles. The Kier molecular flexibility index (Phi) is 1.84. The van der Waals surface area contributed by atoms with Gasteiger partial charge in [0, 0.05) is 12.1 Å². The first-order chi connectivity index (χ1) is 5.90. The summed E-state index contributed by atoms with van der Waals surface area (Å²) in [6, 6.07) is 6.03. The van der Waals surface area contributed by atoms with Crippen LogP contribution in [-0.4, -0.2) is 6.61 Å². The van der Waals surface area contributed by atoms with Gasteiger partial charge in [-0.05, 0) is 23.8 Å². The van der Waals surface area contributed by atoms with Crippen LogP contribution in [0.1, 0.15) is 11.1 Å². The quantitative estimate of drug-likeness (QED) is 0.678. The second-order valence-corrected chi connectivity index (χ2v) is 2.79. The van der Waals surface area contributed by atoms with Crippen LogP contribution in [0.15, 0.2) is 24.3 Å². The zero-order valence-electron chi connectivity index (χ0n) is 6.79. The Labute approximate surface area is 71.6 Å². The average Bonchev–Trinajstić information content (AvgIpc) is 2.17. The number of ether oxygens (including phenoxy) is 1. The van der Waals surface area contributed by atoms with Crippen molar-refractivity contribution >= 4 is 6.08 Å². The molecule has 0 aliphatic carbocycles. The number of hydrogen-bond acceptors (Lipinski definition) is 2.